The van der Waals surface area contributed by atoms with Crippen molar-refractivity contribution in [3.63, 3.8) is 0 Å². The van der Waals surface area contributed by atoms with Gasteiger partial charge in [0.15, 0.2) is 0 Å². The maximum Gasteiger partial charge on any atom is 0.431 e. The van der Waals surface area contributed by atoms with Crippen LogP contribution in [0.15, 0.2) is 29.6 Å². The fourth-order valence-corrected chi connectivity index (χ4v) is 1.26. The summed E-state index contributed by atoms with van der Waals surface area (Å²) in [6, 6.07) is 1.05. The van der Waals surface area contributed by atoms with Gasteiger partial charge in [-0.3, -0.25) is 19.5 Å². The second kappa shape index (κ2) is 4.40. The van der Waals surface area contributed by atoms with Crippen molar-refractivity contribution >= 4 is 5.69 Å². The van der Waals surface area contributed by atoms with Crippen LogP contribution in [-0.4, -0.2) is 9.49 Å². The molecular formula is C9H7F3N2O3. The number of nitrogens with zero attached hydrogens (tertiary/aromatic N) is 2. The van der Waals surface area contributed by atoms with E-state index in [1.807, 2.05) is 0 Å². The first-order valence-corrected chi connectivity index (χ1v) is 4.35. The highest BCUT2D eigenvalue weighted by Gasteiger charge is 2.35. The second-order valence-corrected chi connectivity index (χ2v) is 3.06. The van der Waals surface area contributed by atoms with Gasteiger partial charge < -0.3 is 0 Å². The van der Waals surface area contributed by atoms with Crippen LogP contribution in [0.1, 0.15) is 5.69 Å². The summed E-state index contributed by atoms with van der Waals surface area (Å²) in [6.07, 6.45) is -3.70. The van der Waals surface area contributed by atoms with Crippen molar-refractivity contribution in [1.82, 2.24) is 4.57 Å². The van der Waals surface area contributed by atoms with Crippen LogP contribution in [0.3, 0.4) is 0 Å². The molecule has 0 saturated heterocycles. The smallest absolute Gasteiger partial charge is 0.295 e. The lowest BCUT2D eigenvalue weighted by Crippen LogP contribution is -2.28. The molecule has 0 atom stereocenters. The Kier molecular flexibility index (Phi) is 3.35. The van der Waals surface area contributed by atoms with Crippen molar-refractivity contribution < 1.29 is 18.1 Å². The predicted molar refractivity (Wildman–Crippen MR) is 52.6 cm³/mol. The average Bonchev–Trinajstić information content (AvgIpc) is 2.18. The fourth-order valence-electron chi connectivity index (χ4n) is 1.26. The summed E-state index contributed by atoms with van der Waals surface area (Å²) >= 11 is 0. The van der Waals surface area contributed by atoms with Crippen molar-refractivity contribution in [3.05, 3.63) is 50.9 Å². The highest BCUT2D eigenvalue weighted by Crippen LogP contribution is 2.29. The van der Waals surface area contributed by atoms with Crippen molar-refractivity contribution in [2.24, 2.45) is 0 Å². The minimum Gasteiger partial charge on any atom is -0.295 e. The monoisotopic (exact) mass is 248 g/mol. The fraction of sp³-hybridized carbons (Fsp3) is 0.222. The summed E-state index contributed by atoms with van der Waals surface area (Å²) in [7, 11) is 0. The van der Waals surface area contributed by atoms with Gasteiger partial charge >= 0.3 is 17.4 Å². The lowest BCUT2D eigenvalue weighted by Gasteiger charge is -2.13. The van der Waals surface area contributed by atoms with E-state index >= 15 is 0 Å². The molecule has 1 rings (SSSR count). The summed E-state index contributed by atoms with van der Waals surface area (Å²) in [6.45, 7) is 2.75. The number of rotatable bonds is 3. The van der Waals surface area contributed by atoms with Gasteiger partial charge in [-0.2, -0.15) is 13.2 Å². The molecular weight excluding hydrogens is 241 g/mol. The Labute approximate surface area is 92.9 Å². The van der Waals surface area contributed by atoms with Gasteiger partial charge in [0.2, 0.25) is 0 Å². The first-order valence-electron chi connectivity index (χ1n) is 4.35. The molecule has 0 saturated carbocycles. The van der Waals surface area contributed by atoms with Gasteiger partial charge in [-0.15, -0.1) is 6.58 Å². The number of allylic oxidation sites excluding steroid dienone is 1. The van der Waals surface area contributed by atoms with E-state index in [4.69, 9.17) is 0 Å². The molecule has 0 N–H and O–H groups in total. The summed E-state index contributed by atoms with van der Waals surface area (Å²) in [5, 5.41) is 10.4. The molecule has 0 amide bonds. The van der Waals surface area contributed by atoms with Gasteiger partial charge in [0.05, 0.1) is 4.92 Å². The van der Waals surface area contributed by atoms with E-state index < -0.39 is 34.6 Å². The third kappa shape index (κ3) is 2.52. The number of nitro groups is 1. The maximum atomic E-state index is 12.5. The van der Waals surface area contributed by atoms with Crippen LogP contribution in [0, 0.1) is 10.1 Å². The normalized spacial score (nSPS) is 11.2. The van der Waals surface area contributed by atoms with E-state index in [0.29, 0.717) is 12.1 Å². The summed E-state index contributed by atoms with van der Waals surface area (Å²) in [4.78, 5) is 20.8. The van der Waals surface area contributed by atoms with Crippen molar-refractivity contribution in [2.45, 2.75) is 12.7 Å². The minimum absolute atomic E-state index is 0.269. The van der Waals surface area contributed by atoms with Gasteiger partial charge in [-0.05, 0) is 6.07 Å². The molecule has 8 heteroatoms. The van der Waals surface area contributed by atoms with Gasteiger partial charge in [0.25, 0.3) is 0 Å². The van der Waals surface area contributed by atoms with Gasteiger partial charge in [-0.1, -0.05) is 6.08 Å². The molecule has 92 valence electrons. The number of halogens is 3. The first kappa shape index (κ1) is 12.9. The second-order valence-electron chi connectivity index (χ2n) is 3.06. The van der Waals surface area contributed by atoms with E-state index in [-0.39, 0.29) is 4.57 Å². The Balaban J connectivity index is 3.56. The third-order valence-corrected chi connectivity index (χ3v) is 1.95. The summed E-state index contributed by atoms with van der Waals surface area (Å²) in [5.41, 5.74) is -3.45. The number of aromatic nitrogens is 1. The zero-order valence-corrected chi connectivity index (χ0v) is 8.40. The lowest BCUT2D eigenvalue weighted by molar-refractivity contribution is -0.386. The maximum absolute atomic E-state index is 12.5. The van der Waals surface area contributed by atoms with Crippen LogP contribution >= 0.6 is 0 Å². The highest BCUT2D eigenvalue weighted by molar-refractivity contribution is 5.29. The number of hydrogen-bond donors (Lipinski definition) is 0. The summed E-state index contributed by atoms with van der Waals surface area (Å²) in [5.74, 6) is 0. The number of hydrogen-bond acceptors (Lipinski definition) is 3. The third-order valence-electron chi connectivity index (χ3n) is 1.95. The molecule has 0 aliphatic carbocycles. The van der Waals surface area contributed by atoms with Crippen molar-refractivity contribution in [1.29, 1.82) is 0 Å². The first-order chi connectivity index (χ1) is 7.79. The molecule has 0 aromatic carbocycles. The van der Waals surface area contributed by atoms with Gasteiger partial charge in [-0.25, -0.2) is 0 Å². The Bertz CT molecular complexity index is 519. The Morgan fingerprint density at radius 2 is 2.06 bits per heavy atom. The minimum atomic E-state index is -4.75. The van der Waals surface area contributed by atoms with Crippen LogP contribution in [0.2, 0.25) is 0 Å². The molecule has 17 heavy (non-hydrogen) atoms. The molecule has 0 fully saturated rings. The lowest BCUT2D eigenvalue weighted by atomic mass is 10.3. The SMILES string of the molecule is C=CCn1c(C(F)(F)F)ccc([N+](=O)[O-])c1=O. The van der Waals surface area contributed by atoms with Gasteiger partial charge in [0.1, 0.15) is 5.69 Å². The van der Waals surface area contributed by atoms with E-state index in [0.717, 1.165) is 6.08 Å². The van der Waals surface area contributed by atoms with Crippen LogP contribution in [0.25, 0.3) is 0 Å². The molecule has 1 aromatic heterocycles. The standard InChI is InChI=1S/C9H7F3N2O3/c1-2-5-13-7(9(10,11)12)4-3-6(8(13)15)14(16)17/h2-4H,1,5H2. The zero-order valence-electron chi connectivity index (χ0n) is 8.40. The molecule has 0 aliphatic rings. The summed E-state index contributed by atoms with van der Waals surface area (Å²) < 4.78 is 37.8. The Morgan fingerprint density at radius 1 is 1.47 bits per heavy atom. The van der Waals surface area contributed by atoms with Crippen LogP contribution < -0.4 is 5.56 Å². The Hall–Kier alpha value is -2.12. The topological polar surface area (TPSA) is 65.1 Å². The van der Waals surface area contributed by atoms with Crippen molar-refractivity contribution in [2.75, 3.05) is 0 Å². The van der Waals surface area contributed by atoms with E-state index in [1.54, 1.807) is 0 Å². The predicted octanol–water partition coefficient (Wildman–Crippen LogP) is 1.96. The van der Waals surface area contributed by atoms with E-state index in [9.17, 15) is 28.1 Å². The molecule has 0 spiro atoms. The Morgan fingerprint density at radius 3 is 2.47 bits per heavy atom. The van der Waals surface area contributed by atoms with E-state index in [1.165, 1.54) is 0 Å². The zero-order chi connectivity index (χ0) is 13.2. The molecule has 0 unspecified atom stereocenters. The molecule has 1 heterocycles. The van der Waals surface area contributed by atoms with Crippen molar-refractivity contribution in [3.8, 4) is 0 Å². The van der Waals surface area contributed by atoms with Gasteiger partial charge in [0, 0.05) is 12.6 Å². The van der Waals surface area contributed by atoms with Crippen LogP contribution in [0.4, 0.5) is 18.9 Å². The molecule has 1 aromatic rings. The van der Waals surface area contributed by atoms with Crippen LogP contribution in [-0.2, 0) is 12.7 Å². The highest BCUT2D eigenvalue weighted by atomic mass is 19.4. The largest absolute Gasteiger partial charge is 0.431 e. The average molecular weight is 248 g/mol. The van der Waals surface area contributed by atoms with E-state index in [2.05, 4.69) is 6.58 Å². The molecule has 5 nitrogen and oxygen atoms in total. The molecule has 0 aliphatic heterocycles. The number of alkyl halides is 3. The molecule has 0 radical (unpaired) electrons. The number of pyridine rings is 1. The quantitative estimate of drug-likeness (QED) is 0.466. The molecule has 0 bridgehead atoms. The van der Waals surface area contributed by atoms with Crippen LogP contribution in [0.5, 0.6) is 0 Å².